The molecule has 1 N–H and O–H groups in total. The third-order valence-corrected chi connectivity index (χ3v) is 10.4. The number of aromatic nitrogens is 3. The van der Waals surface area contributed by atoms with E-state index in [0.29, 0.717) is 53.5 Å². The molecule has 4 aliphatic rings. The van der Waals surface area contributed by atoms with Gasteiger partial charge in [0.05, 0.1) is 11.6 Å². The van der Waals surface area contributed by atoms with E-state index in [2.05, 4.69) is 14.8 Å². The highest BCUT2D eigenvalue weighted by molar-refractivity contribution is 6.03. The molecule has 3 saturated heterocycles. The van der Waals surface area contributed by atoms with Crippen LogP contribution < -0.4 is 14.4 Å². The number of aromatic hydroxyl groups is 1. The van der Waals surface area contributed by atoms with E-state index in [1.165, 1.54) is 18.2 Å². The minimum atomic E-state index is -0.910. The molecule has 2 aromatic heterocycles. The SMILES string of the molecule is CCc1c(F)ccc2cc(O)cc(-c3nc4c5c(nc(OC[C@@]67CCCN6C[C@H](F)C7)nc5c3F)N3CCCC[C@H]3C(C)O4)c12. The van der Waals surface area contributed by atoms with Gasteiger partial charge < -0.3 is 19.5 Å². The molecule has 0 bridgehead atoms. The van der Waals surface area contributed by atoms with E-state index in [4.69, 9.17) is 19.4 Å². The molecule has 45 heavy (non-hydrogen) atoms. The predicted molar refractivity (Wildman–Crippen MR) is 165 cm³/mol. The van der Waals surface area contributed by atoms with Crippen molar-refractivity contribution in [2.24, 2.45) is 0 Å². The van der Waals surface area contributed by atoms with E-state index in [0.717, 1.165) is 38.6 Å². The van der Waals surface area contributed by atoms with Crippen molar-refractivity contribution < 1.29 is 27.8 Å². The maximum absolute atomic E-state index is 17.0. The molecule has 0 saturated carbocycles. The van der Waals surface area contributed by atoms with Gasteiger partial charge in [-0.1, -0.05) is 13.0 Å². The van der Waals surface area contributed by atoms with E-state index in [-0.39, 0.29) is 53.2 Å². The fourth-order valence-electron chi connectivity index (χ4n) is 8.28. The molecule has 0 aliphatic carbocycles. The Bertz CT molecular complexity index is 1840. The van der Waals surface area contributed by atoms with Gasteiger partial charge in [0.2, 0.25) is 5.88 Å². The topological polar surface area (TPSA) is 83.8 Å². The fraction of sp³-hybridized carbons (Fsp3) is 0.500. The van der Waals surface area contributed by atoms with Gasteiger partial charge in [-0.25, -0.2) is 18.2 Å². The second-order valence-corrected chi connectivity index (χ2v) is 13.0. The number of alkyl halides is 1. The van der Waals surface area contributed by atoms with Crippen LogP contribution in [0.2, 0.25) is 0 Å². The van der Waals surface area contributed by atoms with E-state index < -0.39 is 23.3 Å². The lowest BCUT2D eigenvalue weighted by atomic mass is 9.94. The molecular formula is C34H36F3N5O3. The van der Waals surface area contributed by atoms with E-state index in [9.17, 15) is 9.50 Å². The van der Waals surface area contributed by atoms with Gasteiger partial charge in [0.1, 0.15) is 52.9 Å². The van der Waals surface area contributed by atoms with E-state index >= 15 is 8.78 Å². The Labute approximate surface area is 259 Å². The first-order chi connectivity index (χ1) is 21.8. The summed E-state index contributed by atoms with van der Waals surface area (Å²) >= 11 is 0. The Morgan fingerprint density at radius 3 is 2.80 bits per heavy atom. The third kappa shape index (κ3) is 4.48. The number of fused-ring (bicyclic) bond motifs is 4. The van der Waals surface area contributed by atoms with Gasteiger partial charge in [0.15, 0.2) is 5.82 Å². The predicted octanol–water partition coefficient (Wildman–Crippen LogP) is 6.49. The van der Waals surface area contributed by atoms with Gasteiger partial charge in [0, 0.05) is 25.1 Å². The summed E-state index contributed by atoms with van der Waals surface area (Å²) in [5.41, 5.74) is 0.105. The van der Waals surface area contributed by atoms with Gasteiger partial charge in [-0.15, -0.1) is 0 Å². The van der Waals surface area contributed by atoms with Crippen molar-refractivity contribution in [2.75, 3.05) is 31.1 Å². The summed E-state index contributed by atoms with van der Waals surface area (Å²) in [5, 5.41) is 12.1. The number of hydrogen-bond acceptors (Lipinski definition) is 8. The van der Waals surface area contributed by atoms with Gasteiger partial charge in [-0.3, -0.25) is 4.90 Å². The largest absolute Gasteiger partial charge is 0.508 e. The van der Waals surface area contributed by atoms with Gasteiger partial charge in [0.25, 0.3) is 0 Å². The van der Waals surface area contributed by atoms with Crippen LogP contribution in [0.4, 0.5) is 19.0 Å². The van der Waals surface area contributed by atoms with Crippen LogP contribution in [-0.2, 0) is 6.42 Å². The maximum atomic E-state index is 17.0. The summed E-state index contributed by atoms with van der Waals surface area (Å²) in [6, 6.07) is 5.87. The number of rotatable bonds is 5. The molecule has 4 aliphatic heterocycles. The first kappa shape index (κ1) is 28.6. The minimum absolute atomic E-state index is 0.0150. The number of phenolic OH excluding ortho intramolecular Hbond substituents is 1. The molecule has 6 heterocycles. The molecule has 0 radical (unpaired) electrons. The van der Waals surface area contributed by atoms with Crippen molar-refractivity contribution in [3.05, 3.63) is 41.5 Å². The molecule has 4 aromatic rings. The quantitative estimate of drug-likeness (QED) is 0.272. The van der Waals surface area contributed by atoms with Crippen molar-refractivity contribution >= 4 is 27.5 Å². The zero-order valence-electron chi connectivity index (χ0n) is 25.5. The minimum Gasteiger partial charge on any atom is -0.508 e. The summed E-state index contributed by atoms with van der Waals surface area (Å²) in [5.74, 6) is -0.556. The standard InChI is InChI=1S/C34H36F3N5O3/c1-3-22-24(36)9-8-19-13-21(43)14-23(26(19)22)29-28(37)30-27-31(42-12-5-4-7-25(42)18(2)45-32(27)38-29)40-33(39-30)44-17-34-10-6-11-41(34)16-20(35)15-34/h8-9,13-14,18,20,25,43H,3-7,10-12,15-17H2,1-2H3/t18?,20-,25+,34+/m1/s1. The smallest absolute Gasteiger partial charge is 0.319 e. The highest BCUT2D eigenvalue weighted by Crippen LogP contribution is 2.46. The van der Waals surface area contributed by atoms with Crippen LogP contribution in [0.3, 0.4) is 0 Å². The third-order valence-electron chi connectivity index (χ3n) is 10.4. The molecule has 0 spiro atoms. The van der Waals surface area contributed by atoms with Crippen molar-refractivity contribution in [2.45, 2.75) is 82.6 Å². The van der Waals surface area contributed by atoms with Crippen molar-refractivity contribution in [1.29, 1.82) is 0 Å². The Hall–Kier alpha value is -3.86. The molecule has 8 nitrogen and oxygen atoms in total. The molecule has 4 atom stereocenters. The number of piperidine rings is 1. The highest BCUT2D eigenvalue weighted by atomic mass is 19.1. The molecule has 2 aromatic carbocycles. The highest BCUT2D eigenvalue weighted by Gasteiger charge is 2.49. The fourth-order valence-corrected chi connectivity index (χ4v) is 8.28. The van der Waals surface area contributed by atoms with Gasteiger partial charge in [-0.2, -0.15) is 9.97 Å². The second-order valence-electron chi connectivity index (χ2n) is 13.0. The first-order valence-electron chi connectivity index (χ1n) is 16.1. The first-order valence-corrected chi connectivity index (χ1v) is 16.1. The normalized spacial score (nSPS) is 26.2. The lowest BCUT2D eigenvalue weighted by Crippen LogP contribution is -2.47. The lowest BCUT2D eigenvalue weighted by Gasteiger charge is -2.38. The van der Waals surface area contributed by atoms with Crippen LogP contribution in [0.15, 0.2) is 24.3 Å². The number of hydrogen-bond donors (Lipinski definition) is 1. The number of pyridine rings is 1. The average Bonchev–Trinajstić information content (AvgIpc) is 3.52. The van der Waals surface area contributed by atoms with Crippen LogP contribution in [0, 0.1) is 11.6 Å². The van der Waals surface area contributed by atoms with Crippen LogP contribution in [0.5, 0.6) is 17.6 Å². The molecule has 236 valence electrons. The van der Waals surface area contributed by atoms with Crippen LogP contribution in [0.1, 0.15) is 57.9 Å². The summed E-state index contributed by atoms with van der Waals surface area (Å²) in [6.07, 6.45) is 4.19. The second kappa shape index (κ2) is 10.6. The Morgan fingerprint density at radius 1 is 1.09 bits per heavy atom. The number of nitrogens with zero attached hydrogens (tertiary/aromatic N) is 5. The molecule has 11 heteroatoms. The molecule has 0 amide bonds. The Balaban J connectivity index is 1.34. The van der Waals surface area contributed by atoms with Gasteiger partial charge >= 0.3 is 6.01 Å². The van der Waals surface area contributed by atoms with Crippen LogP contribution in [0.25, 0.3) is 32.9 Å². The molecule has 3 fully saturated rings. The summed E-state index contributed by atoms with van der Waals surface area (Å²) in [4.78, 5) is 18.5. The van der Waals surface area contributed by atoms with E-state index in [1.54, 1.807) is 6.07 Å². The number of anilines is 1. The Morgan fingerprint density at radius 2 is 1.96 bits per heavy atom. The lowest BCUT2D eigenvalue weighted by molar-refractivity contribution is 0.107. The monoisotopic (exact) mass is 619 g/mol. The Kier molecular flexibility index (Phi) is 6.74. The maximum Gasteiger partial charge on any atom is 0.319 e. The van der Waals surface area contributed by atoms with Crippen molar-refractivity contribution in [3.63, 3.8) is 0 Å². The zero-order chi connectivity index (χ0) is 31.0. The summed E-state index contributed by atoms with van der Waals surface area (Å²) in [6.45, 7) is 5.94. The van der Waals surface area contributed by atoms with E-state index in [1.807, 2.05) is 13.8 Å². The van der Waals surface area contributed by atoms with Crippen LogP contribution >= 0.6 is 0 Å². The number of benzene rings is 2. The number of halogens is 3. The number of phenols is 1. The number of ether oxygens (including phenoxy) is 2. The molecular weight excluding hydrogens is 583 g/mol. The number of aryl methyl sites for hydroxylation is 1. The van der Waals surface area contributed by atoms with Crippen LogP contribution in [-0.4, -0.2) is 75.1 Å². The summed E-state index contributed by atoms with van der Waals surface area (Å²) in [7, 11) is 0. The summed E-state index contributed by atoms with van der Waals surface area (Å²) < 4.78 is 59.3. The van der Waals surface area contributed by atoms with Crippen molar-refractivity contribution in [3.8, 4) is 28.9 Å². The van der Waals surface area contributed by atoms with Crippen molar-refractivity contribution in [1.82, 2.24) is 19.9 Å². The molecule has 1 unspecified atom stereocenters. The van der Waals surface area contributed by atoms with Gasteiger partial charge in [-0.05, 0) is 86.5 Å². The molecule has 8 rings (SSSR count). The average molecular weight is 620 g/mol. The zero-order valence-corrected chi connectivity index (χ0v) is 25.5.